The van der Waals surface area contributed by atoms with E-state index in [9.17, 15) is 9.59 Å². The maximum Gasteiger partial charge on any atom is 0.244 e. The molecule has 0 N–H and O–H groups in total. The van der Waals surface area contributed by atoms with Gasteiger partial charge in [0.1, 0.15) is 0 Å². The van der Waals surface area contributed by atoms with Gasteiger partial charge in [-0.3, -0.25) is 9.59 Å². The molecule has 19 heavy (non-hydrogen) atoms. The SMILES string of the molecule is CC(=O)N=C1SCCN1CC(=O)c1cccc(Br)c1. The number of nitrogens with zero attached hydrogens (tertiary/aromatic N) is 2. The Bertz CT molecular complexity index is 545. The fourth-order valence-electron chi connectivity index (χ4n) is 1.74. The van der Waals surface area contributed by atoms with Crippen molar-refractivity contribution in [3.05, 3.63) is 34.3 Å². The molecular weight excluding hydrogens is 328 g/mol. The average molecular weight is 341 g/mol. The third-order valence-corrected chi connectivity index (χ3v) is 4.08. The van der Waals surface area contributed by atoms with Gasteiger partial charge < -0.3 is 4.90 Å². The van der Waals surface area contributed by atoms with Gasteiger partial charge in [0.25, 0.3) is 0 Å². The summed E-state index contributed by atoms with van der Waals surface area (Å²) in [5.74, 6) is 0.655. The number of hydrogen-bond donors (Lipinski definition) is 0. The number of carbonyl (C=O) groups excluding carboxylic acids is 2. The zero-order valence-corrected chi connectivity index (χ0v) is 12.8. The summed E-state index contributed by atoms with van der Waals surface area (Å²) < 4.78 is 0.881. The molecule has 1 aromatic rings. The van der Waals surface area contributed by atoms with Crippen LogP contribution in [0.1, 0.15) is 17.3 Å². The zero-order valence-electron chi connectivity index (χ0n) is 10.4. The first kappa shape index (κ1) is 14.3. The molecule has 0 atom stereocenters. The van der Waals surface area contributed by atoms with Crippen molar-refractivity contribution < 1.29 is 9.59 Å². The predicted molar refractivity (Wildman–Crippen MR) is 80.6 cm³/mol. The average Bonchev–Trinajstić information content (AvgIpc) is 2.75. The van der Waals surface area contributed by atoms with Crippen LogP contribution < -0.4 is 0 Å². The van der Waals surface area contributed by atoms with E-state index in [1.54, 1.807) is 12.1 Å². The molecule has 0 radical (unpaired) electrons. The van der Waals surface area contributed by atoms with Crippen LogP contribution in [0, 0.1) is 0 Å². The quantitative estimate of drug-likeness (QED) is 0.793. The smallest absolute Gasteiger partial charge is 0.244 e. The first-order valence-corrected chi connectivity index (χ1v) is 7.60. The van der Waals surface area contributed by atoms with Crippen molar-refractivity contribution in [2.45, 2.75) is 6.92 Å². The number of benzene rings is 1. The number of hydrogen-bond acceptors (Lipinski definition) is 3. The minimum absolute atomic E-state index is 0.0278. The standard InChI is InChI=1S/C13H13BrN2O2S/c1-9(17)15-13-16(5-6-19-13)8-12(18)10-3-2-4-11(14)7-10/h2-4,7H,5-6,8H2,1H3. The minimum Gasteiger partial charge on any atom is -0.343 e. The number of rotatable bonds is 3. The van der Waals surface area contributed by atoms with Gasteiger partial charge in [0.2, 0.25) is 5.91 Å². The third kappa shape index (κ3) is 3.91. The van der Waals surface area contributed by atoms with E-state index in [0.29, 0.717) is 10.7 Å². The lowest BCUT2D eigenvalue weighted by molar-refractivity contribution is -0.115. The van der Waals surface area contributed by atoms with Crippen LogP contribution in [-0.2, 0) is 4.79 Å². The van der Waals surface area contributed by atoms with E-state index < -0.39 is 0 Å². The highest BCUT2D eigenvalue weighted by Gasteiger charge is 2.22. The lowest BCUT2D eigenvalue weighted by atomic mass is 10.1. The maximum absolute atomic E-state index is 12.2. The van der Waals surface area contributed by atoms with Crippen molar-refractivity contribution in [1.29, 1.82) is 0 Å². The molecule has 6 heteroatoms. The number of halogens is 1. The van der Waals surface area contributed by atoms with E-state index in [-0.39, 0.29) is 18.2 Å². The molecule has 0 aromatic heterocycles. The van der Waals surface area contributed by atoms with Crippen molar-refractivity contribution in [2.75, 3.05) is 18.8 Å². The highest BCUT2D eigenvalue weighted by Crippen LogP contribution is 2.19. The largest absolute Gasteiger partial charge is 0.343 e. The molecule has 1 heterocycles. The van der Waals surface area contributed by atoms with E-state index in [4.69, 9.17) is 0 Å². The van der Waals surface area contributed by atoms with Crippen molar-refractivity contribution in [3.63, 3.8) is 0 Å². The second-order valence-corrected chi connectivity index (χ2v) is 6.09. The first-order valence-electron chi connectivity index (χ1n) is 5.82. The summed E-state index contributed by atoms with van der Waals surface area (Å²) in [5.41, 5.74) is 0.661. The van der Waals surface area contributed by atoms with Crippen LogP contribution in [0.4, 0.5) is 0 Å². The summed E-state index contributed by atoms with van der Waals surface area (Å²) >= 11 is 4.86. The van der Waals surface area contributed by atoms with Gasteiger partial charge in [-0.2, -0.15) is 4.99 Å². The number of ketones is 1. The van der Waals surface area contributed by atoms with Gasteiger partial charge in [0, 0.05) is 29.3 Å². The van der Waals surface area contributed by atoms with Crippen LogP contribution in [0.2, 0.25) is 0 Å². The van der Waals surface area contributed by atoms with Gasteiger partial charge in [-0.25, -0.2) is 0 Å². The molecule has 1 saturated heterocycles. The summed E-state index contributed by atoms with van der Waals surface area (Å²) in [5, 5.41) is 0.649. The van der Waals surface area contributed by atoms with Gasteiger partial charge >= 0.3 is 0 Å². The van der Waals surface area contributed by atoms with Crippen molar-refractivity contribution in [3.8, 4) is 0 Å². The molecule has 1 aliphatic rings. The molecule has 0 bridgehead atoms. The van der Waals surface area contributed by atoms with Crippen LogP contribution in [0.3, 0.4) is 0 Å². The van der Waals surface area contributed by atoms with Gasteiger partial charge in [-0.05, 0) is 12.1 Å². The number of amides is 1. The molecule has 100 valence electrons. The second kappa shape index (κ2) is 6.34. The Morgan fingerprint density at radius 2 is 2.26 bits per heavy atom. The van der Waals surface area contributed by atoms with Crippen LogP contribution >= 0.6 is 27.7 Å². The van der Waals surface area contributed by atoms with Crippen LogP contribution in [-0.4, -0.2) is 40.6 Å². The molecule has 1 aliphatic heterocycles. The lowest BCUT2D eigenvalue weighted by Gasteiger charge is -2.16. The fraction of sp³-hybridized carbons (Fsp3) is 0.308. The molecule has 2 rings (SSSR count). The van der Waals surface area contributed by atoms with Crippen molar-refractivity contribution in [2.24, 2.45) is 4.99 Å². The predicted octanol–water partition coefficient (Wildman–Crippen LogP) is 2.58. The van der Waals surface area contributed by atoms with E-state index in [2.05, 4.69) is 20.9 Å². The van der Waals surface area contributed by atoms with Gasteiger partial charge in [0.05, 0.1) is 6.54 Å². The molecule has 0 spiro atoms. The Morgan fingerprint density at radius 1 is 1.47 bits per heavy atom. The Morgan fingerprint density at radius 3 is 2.95 bits per heavy atom. The van der Waals surface area contributed by atoms with Gasteiger partial charge in [-0.15, -0.1) is 0 Å². The van der Waals surface area contributed by atoms with E-state index >= 15 is 0 Å². The zero-order chi connectivity index (χ0) is 13.8. The molecule has 1 fully saturated rings. The molecule has 4 nitrogen and oxygen atoms in total. The summed E-state index contributed by atoms with van der Waals surface area (Å²) in [6, 6.07) is 7.30. The summed E-state index contributed by atoms with van der Waals surface area (Å²) in [6.45, 7) is 2.42. The number of carbonyl (C=O) groups is 2. The van der Waals surface area contributed by atoms with E-state index in [1.807, 2.05) is 17.0 Å². The van der Waals surface area contributed by atoms with Crippen molar-refractivity contribution in [1.82, 2.24) is 4.90 Å². The molecular formula is C13H13BrN2O2S. The van der Waals surface area contributed by atoms with Crippen molar-refractivity contribution >= 4 is 44.5 Å². The van der Waals surface area contributed by atoms with E-state index in [1.165, 1.54) is 18.7 Å². The molecule has 0 aliphatic carbocycles. The minimum atomic E-state index is -0.232. The van der Waals surface area contributed by atoms with Crippen LogP contribution in [0.25, 0.3) is 0 Å². The maximum atomic E-state index is 12.2. The first-order chi connectivity index (χ1) is 9.06. The Hall–Kier alpha value is -1.14. The number of Topliss-reactive ketones (excluding diaryl/α,β-unsaturated/α-hetero) is 1. The van der Waals surface area contributed by atoms with Gasteiger partial charge in [-0.1, -0.05) is 39.8 Å². The lowest BCUT2D eigenvalue weighted by Crippen LogP contribution is -2.31. The molecule has 0 saturated carbocycles. The Kier molecular flexibility index (Phi) is 4.76. The summed E-state index contributed by atoms with van der Waals surface area (Å²) in [4.78, 5) is 29.0. The third-order valence-electron chi connectivity index (χ3n) is 2.60. The Labute approximate surface area is 124 Å². The molecule has 1 amide bonds. The fourth-order valence-corrected chi connectivity index (χ4v) is 3.17. The number of aliphatic imine (C=N–C) groups is 1. The van der Waals surface area contributed by atoms with Crippen LogP contribution in [0.5, 0.6) is 0 Å². The van der Waals surface area contributed by atoms with Gasteiger partial charge in [0.15, 0.2) is 11.0 Å². The second-order valence-electron chi connectivity index (χ2n) is 4.12. The molecule has 0 unspecified atom stereocenters. The number of thioether (sulfide) groups is 1. The highest BCUT2D eigenvalue weighted by molar-refractivity contribution is 9.10. The monoisotopic (exact) mass is 340 g/mol. The summed E-state index contributed by atoms with van der Waals surface area (Å²) in [6.07, 6.45) is 0. The molecule has 1 aromatic carbocycles. The topological polar surface area (TPSA) is 49.7 Å². The normalized spacial score (nSPS) is 16.9. The number of amidine groups is 1. The summed E-state index contributed by atoms with van der Waals surface area (Å²) in [7, 11) is 0. The van der Waals surface area contributed by atoms with Crippen LogP contribution in [0.15, 0.2) is 33.7 Å². The van der Waals surface area contributed by atoms with E-state index in [0.717, 1.165) is 16.8 Å². The Balaban J connectivity index is 2.08. The highest BCUT2D eigenvalue weighted by atomic mass is 79.9.